The first-order chi connectivity index (χ1) is 9.64. The van der Waals surface area contributed by atoms with Crippen molar-refractivity contribution < 1.29 is 32.3 Å². The third-order valence-electron chi connectivity index (χ3n) is 2.80. The second-order valence-corrected chi connectivity index (χ2v) is 4.50. The number of carbonyl (C=O) groups excluding carboxylic acids is 1. The fourth-order valence-corrected chi connectivity index (χ4v) is 1.59. The number of carboxylic acid groups (broad SMARTS) is 1. The van der Waals surface area contributed by atoms with Crippen molar-refractivity contribution in [3.05, 3.63) is 29.8 Å². The van der Waals surface area contributed by atoms with Gasteiger partial charge >= 0.3 is 24.2 Å². The maximum absolute atomic E-state index is 12.7. The van der Waals surface area contributed by atoms with Crippen molar-refractivity contribution >= 4 is 17.6 Å². The molecule has 0 aliphatic heterocycles. The first-order valence-corrected chi connectivity index (χ1v) is 5.93. The van der Waals surface area contributed by atoms with Crippen molar-refractivity contribution in [3.8, 4) is 0 Å². The van der Waals surface area contributed by atoms with E-state index in [4.69, 9.17) is 5.11 Å². The summed E-state index contributed by atoms with van der Waals surface area (Å²) in [6.07, 6.45) is -4.21. The minimum absolute atomic E-state index is 0.0772. The van der Waals surface area contributed by atoms with Gasteiger partial charge in [-0.2, -0.15) is 8.78 Å². The summed E-state index contributed by atoms with van der Waals surface area (Å²) in [4.78, 5) is 21.6. The number of nitrogens with one attached hydrogen (secondary N) is 1. The van der Waals surface area contributed by atoms with E-state index >= 15 is 0 Å². The predicted octanol–water partition coefficient (Wildman–Crippen LogP) is 3.10. The molecule has 0 heterocycles. The van der Waals surface area contributed by atoms with Crippen molar-refractivity contribution in [1.82, 2.24) is 0 Å². The van der Waals surface area contributed by atoms with Gasteiger partial charge in [0.1, 0.15) is 0 Å². The molecular weight excluding hydrogens is 294 g/mol. The van der Waals surface area contributed by atoms with Crippen molar-refractivity contribution in [2.75, 3.05) is 5.32 Å². The average Bonchev–Trinajstić information content (AvgIpc) is 2.38. The lowest BCUT2D eigenvalue weighted by Gasteiger charge is -2.15. The SMILES string of the molecule is CC(CC(=O)O)c1ccc(NC(=O)C(F)(F)C(F)F)cc1. The third kappa shape index (κ3) is 4.44. The fourth-order valence-electron chi connectivity index (χ4n) is 1.59. The Bertz CT molecular complexity index is 517. The molecule has 0 aliphatic rings. The Morgan fingerprint density at radius 2 is 1.76 bits per heavy atom. The number of benzene rings is 1. The van der Waals surface area contributed by atoms with Crippen LogP contribution in [-0.4, -0.2) is 29.3 Å². The number of amides is 1. The summed E-state index contributed by atoms with van der Waals surface area (Å²) in [6.45, 7) is 1.66. The molecule has 116 valence electrons. The van der Waals surface area contributed by atoms with Crippen molar-refractivity contribution in [3.63, 3.8) is 0 Å². The summed E-state index contributed by atoms with van der Waals surface area (Å²) >= 11 is 0. The Morgan fingerprint density at radius 3 is 2.19 bits per heavy atom. The van der Waals surface area contributed by atoms with Gasteiger partial charge in [0, 0.05) is 5.69 Å². The molecule has 0 saturated carbocycles. The summed E-state index contributed by atoms with van der Waals surface area (Å²) < 4.78 is 49.5. The quantitative estimate of drug-likeness (QED) is 0.794. The molecule has 1 atom stereocenters. The molecular formula is C13H13F4NO3. The number of alkyl halides is 4. The van der Waals surface area contributed by atoms with Crippen LogP contribution in [0.1, 0.15) is 24.8 Å². The number of hydrogen-bond donors (Lipinski definition) is 2. The van der Waals surface area contributed by atoms with Crippen LogP contribution in [0.5, 0.6) is 0 Å². The minimum atomic E-state index is -4.77. The van der Waals surface area contributed by atoms with Gasteiger partial charge in [-0.05, 0) is 23.6 Å². The van der Waals surface area contributed by atoms with Crippen LogP contribution in [0.4, 0.5) is 23.2 Å². The van der Waals surface area contributed by atoms with Gasteiger partial charge in [-0.25, -0.2) is 8.78 Å². The lowest BCUT2D eigenvalue weighted by molar-refractivity contribution is -0.163. The zero-order valence-electron chi connectivity index (χ0n) is 10.9. The molecule has 21 heavy (non-hydrogen) atoms. The predicted molar refractivity (Wildman–Crippen MR) is 66.7 cm³/mol. The van der Waals surface area contributed by atoms with E-state index in [1.165, 1.54) is 24.3 Å². The highest BCUT2D eigenvalue weighted by molar-refractivity contribution is 5.96. The van der Waals surface area contributed by atoms with Gasteiger partial charge in [-0.15, -0.1) is 0 Å². The lowest BCUT2D eigenvalue weighted by atomic mass is 9.98. The summed E-state index contributed by atoms with van der Waals surface area (Å²) in [6, 6.07) is 5.35. The molecule has 0 fully saturated rings. The van der Waals surface area contributed by atoms with Gasteiger partial charge in [-0.3, -0.25) is 9.59 Å². The summed E-state index contributed by atoms with van der Waals surface area (Å²) in [5.41, 5.74) is 0.544. The van der Waals surface area contributed by atoms with Crippen LogP contribution in [0.3, 0.4) is 0 Å². The topological polar surface area (TPSA) is 66.4 Å². The van der Waals surface area contributed by atoms with E-state index in [0.717, 1.165) is 0 Å². The van der Waals surface area contributed by atoms with E-state index in [1.807, 2.05) is 0 Å². The van der Waals surface area contributed by atoms with Gasteiger partial charge in [0.05, 0.1) is 6.42 Å². The second kappa shape index (κ2) is 6.55. The van der Waals surface area contributed by atoms with Crippen LogP contribution in [-0.2, 0) is 9.59 Å². The normalized spacial score (nSPS) is 13.0. The summed E-state index contributed by atoms with van der Waals surface area (Å²) in [5, 5.41) is 10.3. The Balaban J connectivity index is 2.75. The number of carbonyl (C=O) groups is 2. The molecule has 0 bridgehead atoms. The summed E-state index contributed by atoms with van der Waals surface area (Å²) in [5.74, 6) is -8.16. The van der Waals surface area contributed by atoms with Gasteiger partial charge in [0.25, 0.3) is 0 Å². The van der Waals surface area contributed by atoms with Crippen LogP contribution in [0, 0.1) is 0 Å². The number of hydrogen-bond acceptors (Lipinski definition) is 2. The van der Waals surface area contributed by atoms with E-state index in [9.17, 15) is 27.2 Å². The van der Waals surface area contributed by atoms with E-state index in [1.54, 1.807) is 12.2 Å². The van der Waals surface area contributed by atoms with Crippen LogP contribution < -0.4 is 5.32 Å². The van der Waals surface area contributed by atoms with Gasteiger partial charge in [0.15, 0.2) is 0 Å². The first-order valence-electron chi connectivity index (χ1n) is 5.93. The molecule has 1 aromatic carbocycles. The molecule has 0 radical (unpaired) electrons. The number of halogens is 4. The van der Waals surface area contributed by atoms with Crippen molar-refractivity contribution in [1.29, 1.82) is 0 Å². The maximum atomic E-state index is 12.7. The smallest absolute Gasteiger partial charge is 0.383 e. The Labute approximate surface area is 117 Å². The number of rotatable bonds is 6. The van der Waals surface area contributed by atoms with Crippen LogP contribution in [0.25, 0.3) is 0 Å². The van der Waals surface area contributed by atoms with E-state index in [-0.39, 0.29) is 18.0 Å². The van der Waals surface area contributed by atoms with Crippen molar-refractivity contribution in [2.45, 2.75) is 31.6 Å². The minimum Gasteiger partial charge on any atom is -0.481 e. The lowest BCUT2D eigenvalue weighted by Crippen LogP contribution is -2.40. The molecule has 4 nitrogen and oxygen atoms in total. The maximum Gasteiger partial charge on any atom is 0.383 e. The van der Waals surface area contributed by atoms with Gasteiger partial charge in [-0.1, -0.05) is 19.1 Å². The molecule has 0 spiro atoms. The molecule has 0 aliphatic carbocycles. The molecule has 1 aromatic rings. The highest BCUT2D eigenvalue weighted by atomic mass is 19.3. The Kier molecular flexibility index (Phi) is 5.28. The van der Waals surface area contributed by atoms with Gasteiger partial charge < -0.3 is 10.4 Å². The molecule has 1 unspecified atom stereocenters. The Hall–Kier alpha value is -2.12. The highest BCUT2D eigenvalue weighted by Gasteiger charge is 2.48. The number of aliphatic carboxylic acids is 1. The average molecular weight is 307 g/mol. The van der Waals surface area contributed by atoms with Crippen LogP contribution >= 0.6 is 0 Å². The zero-order valence-corrected chi connectivity index (χ0v) is 10.9. The molecule has 1 amide bonds. The molecule has 8 heteroatoms. The van der Waals surface area contributed by atoms with Crippen LogP contribution in [0.2, 0.25) is 0 Å². The van der Waals surface area contributed by atoms with E-state index < -0.39 is 24.2 Å². The van der Waals surface area contributed by atoms with E-state index in [2.05, 4.69) is 0 Å². The second-order valence-electron chi connectivity index (χ2n) is 4.50. The number of carboxylic acids is 1. The van der Waals surface area contributed by atoms with Gasteiger partial charge in [0.2, 0.25) is 0 Å². The third-order valence-corrected chi connectivity index (χ3v) is 2.80. The highest BCUT2D eigenvalue weighted by Crippen LogP contribution is 2.26. The molecule has 2 N–H and O–H groups in total. The van der Waals surface area contributed by atoms with Crippen molar-refractivity contribution in [2.24, 2.45) is 0 Å². The van der Waals surface area contributed by atoms with E-state index in [0.29, 0.717) is 5.56 Å². The zero-order chi connectivity index (χ0) is 16.2. The summed E-state index contributed by atoms with van der Waals surface area (Å²) in [7, 11) is 0. The molecule has 0 saturated heterocycles. The molecule has 0 aromatic heterocycles. The Morgan fingerprint density at radius 1 is 1.24 bits per heavy atom. The fraction of sp³-hybridized carbons (Fsp3) is 0.385. The molecule has 1 rings (SSSR count). The monoisotopic (exact) mass is 307 g/mol. The standard InChI is InChI=1S/C13H13F4NO3/c1-7(6-10(19)20)8-2-4-9(5-3-8)18-12(21)13(16,17)11(14)15/h2-5,7,11H,6H2,1H3,(H,18,21)(H,19,20). The number of anilines is 1. The van der Waals surface area contributed by atoms with Crippen LogP contribution in [0.15, 0.2) is 24.3 Å². The largest absolute Gasteiger partial charge is 0.481 e. The first kappa shape index (κ1) is 16.9.